The number of nitrogens with zero attached hydrogens (tertiary/aromatic N) is 2. The third kappa shape index (κ3) is 2.78. The molecule has 1 aromatic rings. The number of nitrogens with two attached hydrogens (primary N) is 1. The molecule has 3 N–H and O–H groups in total. The number of rotatable bonds is 4. The maximum Gasteiger partial charge on any atom is 0.292 e. The SMILES string of the molecule is O=[N+]([O-])c1ccc(N2CC[NH2+]CC2)cc1NC1CC1. The van der Waals surface area contributed by atoms with Crippen molar-refractivity contribution in [2.45, 2.75) is 18.9 Å². The topological polar surface area (TPSA) is 75.0 Å². The Labute approximate surface area is 111 Å². The molecule has 3 rings (SSSR count). The van der Waals surface area contributed by atoms with Gasteiger partial charge in [-0.1, -0.05) is 0 Å². The van der Waals surface area contributed by atoms with E-state index in [1.165, 1.54) is 0 Å². The molecule has 1 aromatic carbocycles. The molecule has 2 fully saturated rings. The molecular formula is C13H19N4O2+. The summed E-state index contributed by atoms with van der Waals surface area (Å²) < 4.78 is 0. The number of hydrogen-bond acceptors (Lipinski definition) is 4. The monoisotopic (exact) mass is 263 g/mol. The van der Waals surface area contributed by atoms with E-state index in [2.05, 4.69) is 15.5 Å². The second-order valence-electron chi connectivity index (χ2n) is 5.23. The second-order valence-corrected chi connectivity index (χ2v) is 5.23. The molecule has 19 heavy (non-hydrogen) atoms. The molecule has 0 radical (unpaired) electrons. The average Bonchev–Trinajstić information content (AvgIpc) is 3.23. The summed E-state index contributed by atoms with van der Waals surface area (Å²) in [6, 6.07) is 5.84. The smallest absolute Gasteiger partial charge is 0.292 e. The van der Waals surface area contributed by atoms with Gasteiger partial charge in [-0.2, -0.15) is 0 Å². The zero-order valence-corrected chi connectivity index (χ0v) is 10.8. The maximum atomic E-state index is 11.1. The third-order valence-electron chi connectivity index (χ3n) is 3.69. The summed E-state index contributed by atoms with van der Waals surface area (Å²) >= 11 is 0. The molecule has 1 saturated heterocycles. The molecule has 102 valence electrons. The first kappa shape index (κ1) is 12.2. The van der Waals surface area contributed by atoms with E-state index in [9.17, 15) is 10.1 Å². The minimum absolute atomic E-state index is 0.180. The number of nitrogens with one attached hydrogen (secondary N) is 1. The van der Waals surface area contributed by atoms with E-state index in [0.29, 0.717) is 11.7 Å². The van der Waals surface area contributed by atoms with Crippen molar-refractivity contribution in [2.24, 2.45) is 0 Å². The Morgan fingerprint density at radius 2 is 2.05 bits per heavy atom. The van der Waals surface area contributed by atoms with Crippen LogP contribution < -0.4 is 15.5 Å². The minimum Gasteiger partial charge on any atom is -0.377 e. The molecular weight excluding hydrogens is 244 g/mol. The van der Waals surface area contributed by atoms with Crippen LogP contribution in [-0.2, 0) is 0 Å². The number of hydrogen-bond donors (Lipinski definition) is 2. The van der Waals surface area contributed by atoms with Crippen LogP contribution in [0, 0.1) is 10.1 Å². The number of quaternary nitrogens is 1. The molecule has 6 heteroatoms. The van der Waals surface area contributed by atoms with E-state index in [1.807, 2.05) is 12.1 Å². The van der Waals surface area contributed by atoms with Crippen LogP contribution in [0.4, 0.5) is 17.1 Å². The van der Waals surface area contributed by atoms with E-state index in [1.54, 1.807) is 6.07 Å². The van der Waals surface area contributed by atoms with Gasteiger partial charge < -0.3 is 15.5 Å². The summed E-state index contributed by atoms with van der Waals surface area (Å²) in [4.78, 5) is 13.0. The van der Waals surface area contributed by atoms with Crippen LogP contribution in [0.2, 0.25) is 0 Å². The van der Waals surface area contributed by atoms with E-state index in [0.717, 1.165) is 44.7 Å². The van der Waals surface area contributed by atoms with Gasteiger partial charge in [0.25, 0.3) is 5.69 Å². The normalized spacial score (nSPS) is 19.3. The van der Waals surface area contributed by atoms with Gasteiger partial charge in [-0.3, -0.25) is 10.1 Å². The molecule has 6 nitrogen and oxygen atoms in total. The van der Waals surface area contributed by atoms with Gasteiger partial charge in [0.1, 0.15) is 5.69 Å². The van der Waals surface area contributed by atoms with Gasteiger partial charge in [0.15, 0.2) is 0 Å². The number of benzene rings is 1. The Bertz CT molecular complexity index is 482. The molecule has 1 aliphatic heterocycles. The lowest BCUT2D eigenvalue weighted by Crippen LogP contribution is -2.89. The van der Waals surface area contributed by atoms with Crippen LogP contribution >= 0.6 is 0 Å². The fourth-order valence-electron chi connectivity index (χ4n) is 2.45. The van der Waals surface area contributed by atoms with Crippen molar-refractivity contribution in [1.82, 2.24) is 0 Å². The Kier molecular flexibility index (Phi) is 3.25. The summed E-state index contributed by atoms with van der Waals surface area (Å²) in [6.07, 6.45) is 2.22. The third-order valence-corrected chi connectivity index (χ3v) is 3.69. The van der Waals surface area contributed by atoms with Crippen molar-refractivity contribution in [3.05, 3.63) is 28.3 Å². The Morgan fingerprint density at radius 1 is 1.32 bits per heavy atom. The zero-order valence-electron chi connectivity index (χ0n) is 10.8. The number of nitro groups is 1. The van der Waals surface area contributed by atoms with Crippen LogP contribution in [0.5, 0.6) is 0 Å². The first-order valence-corrected chi connectivity index (χ1v) is 6.85. The van der Waals surface area contributed by atoms with Crippen molar-refractivity contribution in [1.29, 1.82) is 0 Å². The average molecular weight is 263 g/mol. The van der Waals surface area contributed by atoms with Crippen molar-refractivity contribution < 1.29 is 10.2 Å². The fraction of sp³-hybridized carbons (Fsp3) is 0.538. The highest BCUT2D eigenvalue weighted by atomic mass is 16.6. The molecule has 1 saturated carbocycles. The van der Waals surface area contributed by atoms with E-state index >= 15 is 0 Å². The van der Waals surface area contributed by atoms with Crippen LogP contribution in [0.3, 0.4) is 0 Å². The highest BCUT2D eigenvalue weighted by molar-refractivity contribution is 5.69. The number of nitro benzene ring substituents is 1. The quantitative estimate of drug-likeness (QED) is 0.614. The minimum atomic E-state index is -0.307. The lowest BCUT2D eigenvalue weighted by Gasteiger charge is -2.27. The summed E-state index contributed by atoms with van der Waals surface area (Å²) in [5.41, 5.74) is 1.93. The predicted octanol–water partition coefficient (Wildman–Crippen LogP) is 0.552. The summed E-state index contributed by atoms with van der Waals surface area (Å²) in [7, 11) is 0. The molecule has 0 spiro atoms. The van der Waals surface area contributed by atoms with Crippen LogP contribution in [0.1, 0.15) is 12.8 Å². The summed E-state index contributed by atoms with van der Waals surface area (Å²) in [5.74, 6) is 0. The Morgan fingerprint density at radius 3 is 2.68 bits per heavy atom. The fourth-order valence-corrected chi connectivity index (χ4v) is 2.45. The molecule has 0 unspecified atom stereocenters. The lowest BCUT2D eigenvalue weighted by molar-refractivity contribution is -0.655. The Hall–Kier alpha value is -1.82. The number of anilines is 2. The van der Waals surface area contributed by atoms with Gasteiger partial charge in [-0.25, -0.2) is 0 Å². The lowest BCUT2D eigenvalue weighted by atomic mass is 10.2. The predicted molar refractivity (Wildman–Crippen MR) is 73.6 cm³/mol. The molecule has 0 amide bonds. The molecule has 1 aliphatic carbocycles. The van der Waals surface area contributed by atoms with Gasteiger partial charge in [0.05, 0.1) is 31.1 Å². The van der Waals surface area contributed by atoms with Crippen molar-refractivity contribution >= 4 is 17.1 Å². The van der Waals surface area contributed by atoms with E-state index in [4.69, 9.17) is 0 Å². The van der Waals surface area contributed by atoms with Gasteiger partial charge in [-0.05, 0) is 25.0 Å². The summed E-state index contributed by atoms with van der Waals surface area (Å²) in [5, 5.41) is 16.6. The van der Waals surface area contributed by atoms with Crippen LogP contribution in [0.25, 0.3) is 0 Å². The van der Waals surface area contributed by atoms with Gasteiger partial charge >= 0.3 is 0 Å². The van der Waals surface area contributed by atoms with Crippen LogP contribution in [0.15, 0.2) is 18.2 Å². The zero-order chi connectivity index (χ0) is 13.2. The van der Waals surface area contributed by atoms with Crippen molar-refractivity contribution in [3.63, 3.8) is 0 Å². The maximum absolute atomic E-state index is 11.1. The van der Waals surface area contributed by atoms with Crippen LogP contribution in [-0.4, -0.2) is 37.1 Å². The first-order valence-electron chi connectivity index (χ1n) is 6.85. The van der Waals surface area contributed by atoms with Gasteiger partial charge in [0.2, 0.25) is 0 Å². The Balaban J connectivity index is 1.86. The molecule has 0 atom stereocenters. The highest BCUT2D eigenvalue weighted by Crippen LogP contribution is 2.33. The van der Waals surface area contributed by atoms with Crippen molar-refractivity contribution in [2.75, 3.05) is 36.4 Å². The number of piperazine rings is 1. The van der Waals surface area contributed by atoms with Gasteiger partial charge in [0, 0.05) is 17.8 Å². The first-order chi connectivity index (χ1) is 9.24. The molecule has 0 bridgehead atoms. The molecule has 0 aromatic heterocycles. The largest absolute Gasteiger partial charge is 0.377 e. The second kappa shape index (κ2) is 5.05. The summed E-state index contributed by atoms with van der Waals surface area (Å²) in [6.45, 7) is 4.17. The van der Waals surface area contributed by atoms with E-state index < -0.39 is 0 Å². The van der Waals surface area contributed by atoms with E-state index in [-0.39, 0.29) is 10.6 Å². The van der Waals surface area contributed by atoms with Crippen molar-refractivity contribution in [3.8, 4) is 0 Å². The highest BCUT2D eigenvalue weighted by Gasteiger charge is 2.25. The molecule has 1 heterocycles. The molecule has 2 aliphatic rings. The standard InChI is InChI=1S/C13H18N4O2/c18-17(19)13-4-3-11(16-7-5-14-6-8-16)9-12(13)15-10-1-2-10/h3-4,9-10,14-15H,1-2,5-8H2/p+1. The van der Waals surface area contributed by atoms with Gasteiger partial charge in [-0.15, -0.1) is 0 Å².